The molecule has 0 saturated heterocycles. The first-order valence-electron chi connectivity index (χ1n) is 10.1. The van der Waals surface area contributed by atoms with Gasteiger partial charge in [0.15, 0.2) is 0 Å². The second kappa shape index (κ2) is 9.07. The molecule has 2 aliphatic carbocycles. The summed E-state index contributed by atoms with van der Waals surface area (Å²) in [5.74, 6) is 0. The molecule has 0 heterocycles. The van der Waals surface area contributed by atoms with Crippen molar-refractivity contribution in [1.82, 2.24) is 0 Å². The van der Waals surface area contributed by atoms with E-state index in [9.17, 15) is 0 Å². The van der Waals surface area contributed by atoms with Crippen LogP contribution >= 0.6 is 0 Å². The van der Waals surface area contributed by atoms with Crippen LogP contribution in [-0.4, -0.2) is 0 Å². The molecule has 0 N–H and O–H groups in total. The summed E-state index contributed by atoms with van der Waals surface area (Å²) in [6.45, 7) is 6.93. The number of hydrogen-bond acceptors (Lipinski definition) is 0. The lowest BCUT2D eigenvalue weighted by molar-refractivity contribution is 1.29. The van der Waals surface area contributed by atoms with E-state index in [0.29, 0.717) is 0 Å². The Bertz CT molecular complexity index is 1230. The number of hydrogen-bond donors (Lipinski definition) is 0. The molecule has 0 amide bonds. The van der Waals surface area contributed by atoms with Gasteiger partial charge in [0.25, 0.3) is 0 Å². The molecule has 30 heavy (non-hydrogen) atoms. The highest BCUT2D eigenvalue weighted by Crippen LogP contribution is 2.12. The molecule has 4 aromatic rings. The van der Waals surface area contributed by atoms with Gasteiger partial charge in [-0.3, -0.25) is 0 Å². The maximum Gasteiger partial charge on any atom is -0.00990 e. The molecule has 0 aliphatic heterocycles. The number of fused-ring (bicyclic) bond motifs is 4. The second-order valence-electron chi connectivity index (χ2n) is 7.04. The van der Waals surface area contributed by atoms with Crippen molar-refractivity contribution in [3.63, 3.8) is 0 Å². The minimum atomic E-state index is 1.40. The fourth-order valence-corrected chi connectivity index (χ4v) is 3.84. The predicted molar refractivity (Wildman–Crippen MR) is 126 cm³/mol. The van der Waals surface area contributed by atoms with E-state index in [1.54, 1.807) is 12.2 Å². The smallest absolute Gasteiger partial charge is 0.00990 e. The topological polar surface area (TPSA) is 0 Å². The Morgan fingerprint density at radius 1 is 0.333 bits per heavy atom. The average molecular weight is 385 g/mol. The van der Waals surface area contributed by atoms with Crippen LogP contribution in [0.1, 0.15) is 0 Å². The fourth-order valence-electron chi connectivity index (χ4n) is 3.84. The summed E-state index contributed by atoms with van der Waals surface area (Å²) >= 11 is 0. The Labute approximate surface area is 176 Å². The summed E-state index contributed by atoms with van der Waals surface area (Å²) in [7, 11) is 0. The summed E-state index contributed by atoms with van der Waals surface area (Å²) < 4.78 is 0. The van der Waals surface area contributed by atoms with Crippen LogP contribution in [0.3, 0.4) is 0 Å². The van der Waals surface area contributed by atoms with E-state index in [1.807, 2.05) is 12.2 Å². The quantitative estimate of drug-likeness (QED) is 0.280. The highest BCUT2D eigenvalue weighted by atomic mass is 14.0. The zero-order valence-corrected chi connectivity index (χ0v) is 17.0. The molecule has 0 saturated carbocycles. The monoisotopic (exact) mass is 384 g/mol. The first-order valence-corrected chi connectivity index (χ1v) is 10.1. The Morgan fingerprint density at radius 2 is 0.500 bits per heavy atom. The molecule has 0 nitrogen and oxygen atoms in total. The summed E-state index contributed by atoms with van der Waals surface area (Å²) in [6.07, 6.45) is 7.07. The van der Waals surface area contributed by atoms with E-state index >= 15 is 0 Å². The van der Waals surface area contributed by atoms with Crippen LogP contribution in [0.5, 0.6) is 0 Å². The van der Waals surface area contributed by atoms with E-state index < -0.39 is 0 Å². The van der Waals surface area contributed by atoms with Gasteiger partial charge in [0, 0.05) is 0 Å². The molecule has 0 spiro atoms. The molecule has 2 aliphatic rings. The van der Waals surface area contributed by atoms with Gasteiger partial charge in [0.05, 0.1) is 0 Å². The summed E-state index contributed by atoms with van der Waals surface area (Å²) in [6, 6.07) is 34.2. The van der Waals surface area contributed by atoms with Crippen LogP contribution in [0.2, 0.25) is 0 Å². The van der Waals surface area contributed by atoms with Crippen LogP contribution in [0, 0.1) is 41.7 Å². The van der Waals surface area contributed by atoms with Crippen molar-refractivity contribution in [1.29, 1.82) is 0 Å². The standard InChI is InChI=1S/2C12H8.C6H8/c2*1-2-6-10-9(5-1)11-7-3-4-8-12(10)11;1-3-5-6-4-2/h2*1-8H;3-6H,1-2H2. The van der Waals surface area contributed by atoms with Crippen molar-refractivity contribution >= 4 is 0 Å². The molecular weight excluding hydrogens is 360 g/mol. The molecule has 0 aromatic heterocycles. The highest BCUT2D eigenvalue weighted by Gasteiger charge is 1.98. The van der Waals surface area contributed by atoms with Crippen molar-refractivity contribution in [2.24, 2.45) is 0 Å². The largest absolute Gasteiger partial charge is 0.0991 e. The van der Waals surface area contributed by atoms with E-state index in [2.05, 4.69) is 110 Å². The van der Waals surface area contributed by atoms with Crippen LogP contribution in [-0.2, 0) is 0 Å². The molecule has 0 heteroatoms. The number of benzene rings is 4. The zero-order valence-electron chi connectivity index (χ0n) is 17.0. The van der Waals surface area contributed by atoms with Gasteiger partial charge >= 0.3 is 0 Å². The van der Waals surface area contributed by atoms with Gasteiger partial charge in [0.1, 0.15) is 0 Å². The lowest BCUT2D eigenvalue weighted by Gasteiger charge is -2.02. The van der Waals surface area contributed by atoms with Crippen LogP contribution in [0.15, 0.2) is 135 Å². The third-order valence-corrected chi connectivity index (χ3v) is 5.25. The summed E-state index contributed by atoms with van der Waals surface area (Å²) in [5.41, 5.74) is 0. The van der Waals surface area contributed by atoms with Crippen LogP contribution in [0.4, 0.5) is 0 Å². The minimum Gasteiger partial charge on any atom is -0.0991 e. The van der Waals surface area contributed by atoms with E-state index in [-0.39, 0.29) is 0 Å². The molecular formula is C30H24. The van der Waals surface area contributed by atoms with Crippen molar-refractivity contribution in [2.75, 3.05) is 0 Å². The Balaban J connectivity index is 0.000000116. The Morgan fingerprint density at radius 3 is 0.633 bits per heavy atom. The van der Waals surface area contributed by atoms with Crippen LogP contribution < -0.4 is 0 Å². The lowest BCUT2D eigenvalue weighted by atomic mass is 10.0. The van der Waals surface area contributed by atoms with Gasteiger partial charge < -0.3 is 0 Å². The Hall–Kier alpha value is -3.90. The number of allylic oxidation sites excluding steroid dienone is 4. The first kappa shape index (κ1) is 19.4. The predicted octanol–water partition coefficient (Wildman–Crippen LogP) is 7.06. The van der Waals surface area contributed by atoms with E-state index in [4.69, 9.17) is 0 Å². The zero-order chi connectivity index (χ0) is 20.8. The van der Waals surface area contributed by atoms with Gasteiger partial charge in [-0.2, -0.15) is 0 Å². The van der Waals surface area contributed by atoms with Crippen molar-refractivity contribution in [3.05, 3.63) is 176 Å². The first-order chi connectivity index (χ1) is 14.8. The average Bonchev–Trinajstić information content (AvgIpc) is 2.80. The van der Waals surface area contributed by atoms with Gasteiger partial charge in [-0.05, 0) is 41.7 Å². The Kier molecular flexibility index (Phi) is 5.87. The maximum atomic E-state index is 3.46. The highest BCUT2D eigenvalue weighted by molar-refractivity contribution is 5.29. The second-order valence-corrected chi connectivity index (χ2v) is 7.04. The van der Waals surface area contributed by atoms with Gasteiger partial charge in [0.2, 0.25) is 0 Å². The molecule has 0 bridgehead atoms. The molecule has 6 rings (SSSR count). The molecule has 144 valence electrons. The third kappa shape index (κ3) is 3.68. The van der Waals surface area contributed by atoms with E-state index in [1.165, 1.54) is 41.7 Å². The molecule has 0 unspecified atom stereocenters. The molecule has 0 radical (unpaired) electrons. The van der Waals surface area contributed by atoms with Crippen LogP contribution in [0.25, 0.3) is 0 Å². The van der Waals surface area contributed by atoms with E-state index in [0.717, 1.165) is 0 Å². The van der Waals surface area contributed by atoms with Gasteiger partial charge in [-0.25, -0.2) is 0 Å². The lowest BCUT2D eigenvalue weighted by Crippen LogP contribution is -1.88. The number of rotatable bonds is 2. The minimum absolute atomic E-state index is 1.40. The summed E-state index contributed by atoms with van der Waals surface area (Å²) in [5, 5.41) is 11.2. The third-order valence-electron chi connectivity index (χ3n) is 5.25. The van der Waals surface area contributed by atoms with Crippen molar-refractivity contribution in [2.45, 2.75) is 0 Å². The SMILES string of the molecule is C=CC=CC=C.c1ccc2c(c1)=c1ccccc1=2.c1ccc2c(c1)=c1ccccc1=2. The molecule has 0 fully saturated rings. The molecule has 0 atom stereocenters. The molecule has 4 aromatic carbocycles. The fraction of sp³-hybridized carbons (Fsp3) is 0. The van der Waals surface area contributed by atoms with Crippen molar-refractivity contribution in [3.8, 4) is 0 Å². The normalized spacial score (nSPS) is 10.8. The maximum absolute atomic E-state index is 3.46. The van der Waals surface area contributed by atoms with Gasteiger partial charge in [-0.1, -0.05) is 135 Å². The van der Waals surface area contributed by atoms with Gasteiger partial charge in [-0.15, -0.1) is 0 Å². The summed E-state index contributed by atoms with van der Waals surface area (Å²) in [4.78, 5) is 0. The van der Waals surface area contributed by atoms with Crippen molar-refractivity contribution < 1.29 is 0 Å².